The van der Waals surface area contributed by atoms with Crippen molar-refractivity contribution in [3.05, 3.63) is 28.2 Å². The molecule has 4 heteroatoms. The Labute approximate surface area is 111 Å². The fraction of sp³-hybridized carbons (Fsp3) is 0.538. The van der Waals surface area contributed by atoms with Crippen LogP contribution in [0.1, 0.15) is 18.4 Å². The first-order valence-corrected chi connectivity index (χ1v) is 6.86. The Kier molecular flexibility index (Phi) is 4.42. The van der Waals surface area contributed by atoms with Crippen LogP contribution < -0.4 is 10.2 Å². The SMILES string of the molecule is CNCc1ccc(Br)cc1N1CCCC1CO. The van der Waals surface area contributed by atoms with Crippen LogP contribution in [0, 0.1) is 0 Å². The van der Waals surface area contributed by atoms with E-state index in [1.165, 1.54) is 11.3 Å². The number of hydrogen-bond donors (Lipinski definition) is 2. The van der Waals surface area contributed by atoms with Crippen LogP contribution in [-0.4, -0.2) is 31.3 Å². The highest BCUT2D eigenvalue weighted by molar-refractivity contribution is 9.10. The highest BCUT2D eigenvalue weighted by atomic mass is 79.9. The lowest BCUT2D eigenvalue weighted by Gasteiger charge is -2.28. The number of benzene rings is 1. The summed E-state index contributed by atoms with van der Waals surface area (Å²) in [7, 11) is 1.96. The molecule has 0 spiro atoms. The van der Waals surface area contributed by atoms with Crippen molar-refractivity contribution in [2.45, 2.75) is 25.4 Å². The van der Waals surface area contributed by atoms with Gasteiger partial charge in [-0.1, -0.05) is 22.0 Å². The highest BCUT2D eigenvalue weighted by Gasteiger charge is 2.25. The molecular formula is C13H19BrN2O. The van der Waals surface area contributed by atoms with Crippen LogP contribution in [0.4, 0.5) is 5.69 Å². The first-order valence-electron chi connectivity index (χ1n) is 6.06. The van der Waals surface area contributed by atoms with E-state index < -0.39 is 0 Å². The molecular weight excluding hydrogens is 280 g/mol. The maximum absolute atomic E-state index is 9.42. The monoisotopic (exact) mass is 298 g/mol. The third-order valence-electron chi connectivity index (χ3n) is 3.31. The van der Waals surface area contributed by atoms with Gasteiger partial charge in [0.05, 0.1) is 12.6 Å². The lowest BCUT2D eigenvalue weighted by molar-refractivity contribution is 0.266. The van der Waals surface area contributed by atoms with Crippen molar-refractivity contribution < 1.29 is 5.11 Å². The van der Waals surface area contributed by atoms with Crippen LogP contribution in [0.3, 0.4) is 0 Å². The summed E-state index contributed by atoms with van der Waals surface area (Å²) in [6.45, 7) is 2.14. The zero-order valence-electron chi connectivity index (χ0n) is 10.1. The quantitative estimate of drug-likeness (QED) is 0.894. The summed E-state index contributed by atoms with van der Waals surface area (Å²) in [4.78, 5) is 2.33. The number of aliphatic hydroxyl groups is 1. The lowest BCUT2D eigenvalue weighted by atomic mass is 10.1. The zero-order valence-corrected chi connectivity index (χ0v) is 11.7. The van der Waals surface area contributed by atoms with Gasteiger partial charge in [-0.2, -0.15) is 0 Å². The van der Waals surface area contributed by atoms with Crippen LogP contribution in [-0.2, 0) is 6.54 Å². The Morgan fingerprint density at radius 3 is 3.06 bits per heavy atom. The first kappa shape index (κ1) is 12.9. The number of hydrogen-bond acceptors (Lipinski definition) is 3. The van der Waals surface area contributed by atoms with Crippen molar-refractivity contribution in [3.8, 4) is 0 Å². The smallest absolute Gasteiger partial charge is 0.0635 e. The topological polar surface area (TPSA) is 35.5 Å². The molecule has 0 aromatic heterocycles. The average Bonchev–Trinajstić information content (AvgIpc) is 2.79. The van der Waals surface area contributed by atoms with Gasteiger partial charge in [-0.3, -0.25) is 0 Å². The van der Waals surface area contributed by atoms with Gasteiger partial charge in [0.1, 0.15) is 0 Å². The van der Waals surface area contributed by atoms with E-state index in [0.717, 1.165) is 30.4 Å². The fourth-order valence-electron chi connectivity index (χ4n) is 2.49. The number of aliphatic hydroxyl groups excluding tert-OH is 1. The number of halogens is 1. The molecule has 1 aromatic rings. The summed E-state index contributed by atoms with van der Waals surface area (Å²) in [6, 6.07) is 6.64. The molecule has 1 aliphatic heterocycles. The molecule has 0 saturated carbocycles. The molecule has 3 nitrogen and oxygen atoms in total. The summed E-state index contributed by atoms with van der Waals surface area (Å²) in [5.41, 5.74) is 2.53. The molecule has 2 rings (SSSR count). The van der Waals surface area contributed by atoms with Gasteiger partial charge in [-0.25, -0.2) is 0 Å². The van der Waals surface area contributed by atoms with Crippen molar-refractivity contribution in [2.24, 2.45) is 0 Å². The van der Waals surface area contributed by atoms with Gasteiger partial charge >= 0.3 is 0 Å². The number of nitrogens with one attached hydrogen (secondary N) is 1. The highest BCUT2D eigenvalue weighted by Crippen LogP contribution is 2.31. The molecule has 17 heavy (non-hydrogen) atoms. The molecule has 1 aliphatic rings. The van der Waals surface area contributed by atoms with Crippen LogP contribution in [0.25, 0.3) is 0 Å². The number of nitrogens with zero attached hydrogens (tertiary/aromatic N) is 1. The van der Waals surface area contributed by atoms with Gasteiger partial charge in [0, 0.05) is 23.2 Å². The van der Waals surface area contributed by atoms with Crippen LogP contribution in [0.5, 0.6) is 0 Å². The van der Waals surface area contributed by atoms with Crippen molar-refractivity contribution in [3.63, 3.8) is 0 Å². The predicted molar refractivity (Wildman–Crippen MR) is 74.4 cm³/mol. The largest absolute Gasteiger partial charge is 0.394 e. The van der Waals surface area contributed by atoms with E-state index in [2.05, 4.69) is 44.3 Å². The Balaban J connectivity index is 2.31. The minimum absolute atomic E-state index is 0.242. The molecule has 0 radical (unpaired) electrons. The van der Waals surface area contributed by atoms with Gasteiger partial charge in [0.2, 0.25) is 0 Å². The molecule has 0 aliphatic carbocycles. The van der Waals surface area contributed by atoms with E-state index in [0.29, 0.717) is 0 Å². The fourth-order valence-corrected chi connectivity index (χ4v) is 2.84. The molecule has 1 fully saturated rings. The Hall–Kier alpha value is -0.580. The molecule has 1 saturated heterocycles. The van der Waals surface area contributed by atoms with Crippen molar-refractivity contribution >= 4 is 21.6 Å². The third-order valence-corrected chi connectivity index (χ3v) is 3.81. The van der Waals surface area contributed by atoms with E-state index >= 15 is 0 Å². The van der Waals surface area contributed by atoms with Crippen LogP contribution >= 0.6 is 15.9 Å². The van der Waals surface area contributed by atoms with Crippen molar-refractivity contribution in [2.75, 3.05) is 25.1 Å². The van der Waals surface area contributed by atoms with Crippen LogP contribution in [0.15, 0.2) is 22.7 Å². The molecule has 0 amide bonds. The average molecular weight is 299 g/mol. The van der Waals surface area contributed by atoms with Crippen molar-refractivity contribution in [1.82, 2.24) is 5.32 Å². The minimum Gasteiger partial charge on any atom is -0.394 e. The molecule has 2 N–H and O–H groups in total. The van der Waals surface area contributed by atoms with E-state index in [1.54, 1.807) is 0 Å². The summed E-state index contributed by atoms with van der Waals surface area (Å²) < 4.78 is 1.09. The van der Waals surface area contributed by atoms with Crippen LogP contribution in [0.2, 0.25) is 0 Å². The van der Waals surface area contributed by atoms with Gasteiger partial charge in [-0.15, -0.1) is 0 Å². The molecule has 1 unspecified atom stereocenters. The normalized spacial score (nSPS) is 19.9. The summed E-state index contributed by atoms with van der Waals surface area (Å²) in [6.07, 6.45) is 2.25. The first-order chi connectivity index (χ1) is 8.26. The molecule has 1 atom stereocenters. The van der Waals surface area contributed by atoms with E-state index in [4.69, 9.17) is 0 Å². The van der Waals surface area contributed by atoms with E-state index in [-0.39, 0.29) is 12.6 Å². The summed E-state index contributed by atoms with van der Waals surface area (Å²) >= 11 is 3.53. The third kappa shape index (κ3) is 2.81. The number of rotatable bonds is 4. The zero-order chi connectivity index (χ0) is 12.3. The summed E-state index contributed by atoms with van der Waals surface area (Å²) in [5.74, 6) is 0. The van der Waals surface area contributed by atoms with Gasteiger partial charge in [-0.05, 0) is 37.6 Å². The molecule has 1 heterocycles. The minimum atomic E-state index is 0.242. The standard InChI is InChI=1S/C13H19BrN2O/c1-15-8-10-4-5-11(14)7-13(10)16-6-2-3-12(16)9-17/h4-5,7,12,15,17H,2-3,6,8-9H2,1H3. The van der Waals surface area contributed by atoms with Gasteiger partial charge in [0.15, 0.2) is 0 Å². The van der Waals surface area contributed by atoms with E-state index in [9.17, 15) is 5.11 Å². The maximum Gasteiger partial charge on any atom is 0.0635 e. The molecule has 1 aromatic carbocycles. The Morgan fingerprint density at radius 1 is 1.53 bits per heavy atom. The van der Waals surface area contributed by atoms with E-state index in [1.807, 2.05) is 7.05 Å². The molecule has 94 valence electrons. The second-order valence-electron chi connectivity index (χ2n) is 4.48. The Morgan fingerprint density at radius 2 is 2.35 bits per heavy atom. The molecule has 0 bridgehead atoms. The second-order valence-corrected chi connectivity index (χ2v) is 5.39. The van der Waals surface area contributed by atoms with Gasteiger partial charge < -0.3 is 15.3 Å². The maximum atomic E-state index is 9.42. The van der Waals surface area contributed by atoms with Gasteiger partial charge in [0.25, 0.3) is 0 Å². The number of anilines is 1. The van der Waals surface area contributed by atoms with Crippen molar-refractivity contribution in [1.29, 1.82) is 0 Å². The summed E-state index contributed by atoms with van der Waals surface area (Å²) in [5, 5.41) is 12.6. The Bertz CT molecular complexity index is 384. The second kappa shape index (κ2) is 5.85. The predicted octanol–water partition coefficient (Wildman–Crippen LogP) is 2.13. The lowest BCUT2D eigenvalue weighted by Crippen LogP contribution is -2.33.